The fraction of sp³-hybridized carbons (Fsp3) is 0.846. The zero-order chi connectivity index (χ0) is 10.9. The summed E-state index contributed by atoms with van der Waals surface area (Å²) in [4.78, 5) is 0. The second kappa shape index (κ2) is 4.06. The molecule has 1 heteroatoms. The molecule has 1 aliphatic rings. The lowest BCUT2D eigenvalue weighted by Gasteiger charge is -2.45. The lowest BCUT2D eigenvalue weighted by molar-refractivity contribution is 0.00869. The zero-order valence-electron chi connectivity index (χ0n) is 10.2. The smallest absolute Gasteiger partial charge is 0.0576 e. The summed E-state index contributed by atoms with van der Waals surface area (Å²) in [7, 11) is 0. The van der Waals surface area contributed by atoms with Gasteiger partial charge in [-0.05, 0) is 37.0 Å². The summed E-state index contributed by atoms with van der Waals surface area (Å²) in [5.74, 6) is 1.01. The van der Waals surface area contributed by atoms with Crippen LogP contribution in [0.15, 0.2) is 11.6 Å². The van der Waals surface area contributed by atoms with Crippen LogP contribution in [0.4, 0.5) is 0 Å². The maximum absolute atomic E-state index is 10.1. The Hall–Kier alpha value is -0.300. The van der Waals surface area contributed by atoms with Crippen LogP contribution in [0.5, 0.6) is 0 Å². The van der Waals surface area contributed by atoms with Gasteiger partial charge in [0.15, 0.2) is 0 Å². The quantitative estimate of drug-likeness (QED) is 0.671. The van der Waals surface area contributed by atoms with E-state index in [9.17, 15) is 5.11 Å². The van der Waals surface area contributed by atoms with Crippen molar-refractivity contribution in [1.82, 2.24) is 0 Å². The largest absolute Gasteiger partial charge is 0.393 e. The molecule has 0 saturated heterocycles. The van der Waals surface area contributed by atoms with E-state index < -0.39 is 0 Å². The minimum Gasteiger partial charge on any atom is -0.393 e. The Morgan fingerprint density at radius 3 is 2.64 bits per heavy atom. The lowest BCUT2D eigenvalue weighted by atomic mass is 9.61. The number of hydrogen-bond donors (Lipinski definition) is 1. The summed E-state index contributed by atoms with van der Waals surface area (Å²) >= 11 is 0. The van der Waals surface area contributed by atoms with Crippen LogP contribution >= 0.6 is 0 Å². The molecule has 0 fully saturated rings. The molecular formula is C13H24O. The highest BCUT2D eigenvalue weighted by Crippen LogP contribution is 2.46. The fourth-order valence-corrected chi connectivity index (χ4v) is 2.86. The van der Waals surface area contributed by atoms with Crippen LogP contribution in [0.25, 0.3) is 0 Å². The summed E-state index contributed by atoms with van der Waals surface area (Å²) in [5, 5.41) is 10.1. The van der Waals surface area contributed by atoms with Gasteiger partial charge in [-0.2, -0.15) is 0 Å². The number of aliphatic hydroxyl groups is 1. The highest BCUT2D eigenvalue weighted by Gasteiger charge is 2.40. The van der Waals surface area contributed by atoms with E-state index in [4.69, 9.17) is 0 Å². The van der Waals surface area contributed by atoms with Crippen LogP contribution in [0, 0.1) is 17.3 Å². The van der Waals surface area contributed by atoms with E-state index in [-0.39, 0.29) is 11.5 Å². The molecule has 0 aromatic carbocycles. The summed E-state index contributed by atoms with van der Waals surface area (Å²) < 4.78 is 0. The first-order valence-corrected chi connectivity index (χ1v) is 5.76. The van der Waals surface area contributed by atoms with Crippen LogP contribution in [0.3, 0.4) is 0 Å². The predicted octanol–water partition coefficient (Wildman–Crippen LogP) is 3.39. The van der Waals surface area contributed by atoms with Gasteiger partial charge in [0.2, 0.25) is 0 Å². The fourth-order valence-electron chi connectivity index (χ4n) is 2.86. The average Bonchev–Trinajstić information content (AvgIpc) is 2.11. The van der Waals surface area contributed by atoms with Crippen LogP contribution in [-0.2, 0) is 0 Å². The Kier molecular flexibility index (Phi) is 3.41. The predicted molar refractivity (Wildman–Crippen MR) is 61.1 cm³/mol. The molecule has 1 rings (SSSR count). The van der Waals surface area contributed by atoms with Gasteiger partial charge in [-0.1, -0.05) is 39.3 Å². The van der Waals surface area contributed by atoms with Crippen LogP contribution in [0.1, 0.15) is 47.5 Å². The van der Waals surface area contributed by atoms with Crippen molar-refractivity contribution >= 4 is 0 Å². The molecule has 0 spiro atoms. The molecule has 0 bridgehead atoms. The Morgan fingerprint density at radius 1 is 1.57 bits per heavy atom. The van der Waals surface area contributed by atoms with Gasteiger partial charge in [0.25, 0.3) is 0 Å². The lowest BCUT2D eigenvalue weighted by Crippen LogP contribution is -2.41. The van der Waals surface area contributed by atoms with Gasteiger partial charge >= 0.3 is 0 Å². The van der Waals surface area contributed by atoms with E-state index in [0.717, 1.165) is 12.8 Å². The monoisotopic (exact) mass is 196 g/mol. The molecular weight excluding hydrogens is 172 g/mol. The molecule has 1 N–H and O–H groups in total. The molecule has 14 heavy (non-hydrogen) atoms. The Balaban J connectivity index is 2.96. The van der Waals surface area contributed by atoms with E-state index in [1.807, 2.05) is 0 Å². The molecule has 0 saturated carbocycles. The molecule has 0 aromatic rings. The molecule has 3 unspecified atom stereocenters. The van der Waals surface area contributed by atoms with E-state index in [1.165, 1.54) is 5.57 Å². The number of rotatable bonds is 2. The minimum absolute atomic E-state index is 0.149. The first-order valence-electron chi connectivity index (χ1n) is 5.76. The van der Waals surface area contributed by atoms with Gasteiger partial charge in [0, 0.05) is 0 Å². The van der Waals surface area contributed by atoms with E-state index >= 15 is 0 Å². The molecule has 82 valence electrons. The van der Waals surface area contributed by atoms with Crippen molar-refractivity contribution in [3.63, 3.8) is 0 Å². The molecule has 1 aliphatic carbocycles. The van der Waals surface area contributed by atoms with Gasteiger partial charge in [-0.25, -0.2) is 0 Å². The molecule has 0 heterocycles. The Labute approximate surface area is 88.2 Å². The third kappa shape index (κ3) is 1.88. The third-order valence-electron chi connectivity index (χ3n) is 4.09. The Bertz CT molecular complexity index is 227. The van der Waals surface area contributed by atoms with Gasteiger partial charge in [0.1, 0.15) is 0 Å². The first kappa shape index (κ1) is 11.8. The SMILES string of the molecule is CCC(O)C1C(C)CC=C(C)C1(C)C. The van der Waals surface area contributed by atoms with Gasteiger partial charge in [0.05, 0.1) is 6.10 Å². The Morgan fingerprint density at radius 2 is 2.14 bits per heavy atom. The van der Waals surface area contributed by atoms with Crippen LogP contribution in [0.2, 0.25) is 0 Å². The summed E-state index contributed by atoms with van der Waals surface area (Å²) in [6.45, 7) is 11.0. The zero-order valence-corrected chi connectivity index (χ0v) is 10.2. The summed E-state index contributed by atoms with van der Waals surface area (Å²) in [6.07, 6.45) is 4.18. The number of allylic oxidation sites excluding steroid dienone is 2. The van der Waals surface area contributed by atoms with Crippen molar-refractivity contribution in [1.29, 1.82) is 0 Å². The van der Waals surface area contributed by atoms with Crippen molar-refractivity contribution in [3.05, 3.63) is 11.6 Å². The highest BCUT2D eigenvalue weighted by molar-refractivity contribution is 5.17. The molecule has 3 atom stereocenters. The van der Waals surface area contributed by atoms with Crippen molar-refractivity contribution in [2.75, 3.05) is 0 Å². The standard InChI is InChI=1S/C13H24O/c1-6-11(14)12-9(2)7-8-10(3)13(12,4)5/h8-9,11-12,14H,6-7H2,1-5H3. The van der Waals surface area contributed by atoms with Crippen molar-refractivity contribution < 1.29 is 5.11 Å². The minimum atomic E-state index is -0.149. The van der Waals surface area contributed by atoms with Crippen LogP contribution in [-0.4, -0.2) is 11.2 Å². The molecule has 0 aromatic heterocycles. The molecule has 1 nitrogen and oxygen atoms in total. The molecule has 0 aliphatic heterocycles. The summed E-state index contributed by atoms with van der Waals surface area (Å²) in [6, 6.07) is 0. The maximum Gasteiger partial charge on any atom is 0.0576 e. The van der Waals surface area contributed by atoms with Crippen molar-refractivity contribution in [2.45, 2.75) is 53.6 Å². The van der Waals surface area contributed by atoms with E-state index in [2.05, 4.69) is 40.7 Å². The first-order chi connectivity index (χ1) is 6.41. The van der Waals surface area contributed by atoms with E-state index in [0.29, 0.717) is 11.8 Å². The maximum atomic E-state index is 10.1. The van der Waals surface area contributed by atoms with Gasteiger partial charge in [-0.3, -0.25) is 0 Å². The highest BCUT2D eigenvalue weighted by atomic mass is 16.3. The number of hydrogen-bond acceptors (Lipinski definition) is 1. The molecule has 0 radical (unpaired) electrons. The number of aliphatic hydroxyl groups excluding tert-OH is 1. The van der Waals surface area contributed by atoms with Crippen LogP contribution < -0.4 is 0 Å². The average molecular weight is 196 g/mol. The second-order valence-electron chi connectivity index (χ2n) is 5.32. The third-order valence-corrected chi connectivity index (χ3v) is 4.09. The summed E-state index contributed by atoms with van der Waals surface area (Å²) in [5.41, 5.74) is 1.60. The normalized spacial score (nSPS) is 33.7. The van der Waals surface area contributed by atoms with Crippen molar-refractivity contribution in [2.24, 2.45) is 17.3 Å². The topological polar surface area (TPSA) is 20.2 Å². The van der Waals surface area contributed by atoms with Gasteiger partial charge in [-0.15, -0.1) is 0 Å². The second-order valence-corrected chi connectivity index (χ2v) is 5.32. The van der Waals surface area contributed by atoms with E-state index in [1.54, 1.807) is 0 Å². The van der Waals surface area contributed by atoms with Gasteiger partial charge < -0.3 is 5.11 Å². The van der Waals surface area contributed by atoms with Crippen molar-refractivity contribution in [3.8, 4) is 0 Å². The molecule has 0 amide bonds.